The Morgan fingerprint density at radius 2 is 0.775 bits per heavy atom. The van der Waals surface area contributed by atoms with Crippen molar-refractivity contribution >= 4 is 80.5 Å². The van der Waals surface area contributed by atoms with Crippen molar-refractivity contribution < 1.29 is 8.83 Å². The maximum atomic E-state index is 6.40. The Labute approximate surface area is 237 Å². The van der Waals surface area contributed by atoms with Gasteiger partial charge in [-0.2, -0.15) is 9.97 Å². The lowest BCUT2D eigenvalue weighted by atomic mass is 10.2. The van der Waals surface area contributed by atoms with Crippen molar-refractivity contribution in [1.29, 1.82) is 0 Å². The van der Waals surface area contributed by atoms with Crippen LogP contribution < -0.4 is 9.80 Å². The zero-order valence-electron chi connectivity index (χ0n) is 20.8. The van der Waals surface area contributed by atoms with Gasteiger partial charge in [-0.1, -0.05) is 72.1 Å². The maximum absolute atomic E-state index is 6.40. The Morgan fingerprint density at radius 1 is 0.450 bits per heavy atom. The van der Waals surface area contributed by atoms with Gasteiger partial charge >= 0.3 is 12.0 Å². The van der Waals surface area contributed by atoms with E-state index in [0.29, 0.717) is 34.2 Å². The molecule has 0 N–H and O–H groups in total. The largest absolute Gasteiger partial charge is 0.423 e. The minimum atomic E-state index is 0.513. The third-order valence-corrected chi connectivity index (χ3v) is 9.38. The molecule has 40 heavy (non-hydrogen) atoms. The first-order valence-electron chi connectivity index (χ1n) is 12.8. The Morgan fingerprint density at radius 3 is 1.12 bits per heavy atom. The van der Waals surface area contributed by atoms with E-state index in [4.69, 9.17) is 18.8 Å². The zero-order valence-corrected chi connectivity index (χ0v) is 22.4. The predicted molar refractivity (Wildman–Crippen MR) is 159 cm³/mol. The molecule has 0 unspecified atom stereocenters. The van der Waals surface area contributed by atoms with Gasteiger partial charge in [0.2, 0.25) is 0 Å². The van der Waals surface area contributed by atoms with Crippen LogP contribution in [-0.4, -0.2) is 9.97 Å². The highest BCUT2D eigenvalue weighted by Gasteiger charge is 2.30. The van der Waals surface area contributed by atoms with Gasteiger partial charge in [0, 0.05) is 31.7 Å². The number of fused-ring (bicyclic) bond motifs is 6. The number of aromatic nitrogens is 2. The lowest BCUT2D eigenvalue weighted by Crippen LogP contribution is -2.14. The molecule has 0 fully saturated rings. The first-order valence-corrected chi connectivity index (χ1v) is 14.5. The number of nitrogens with zero attached hydrogens (tertiary/aromatic N) is 4. The van der Waals surface area contributed by atoms with E-state index in [1.807, 2.05) is 36.4 Å². The predicted octanol–water partition coefficient (Wildman–Crippen LogP) is 9.84. The number of rotatable bonds is 2. The van der Waals surface area contributed by atoms with E-state index in [2.05, 4.69) is 82.6 Å². The molecule has 8 heteroatoms. The first kappa shape index (κ1) is 22.2. The van der Waals surface area contributed by atoms with Crippen LogP contribution in [0.4, 0.5) is 34.8 Å². The molecule has 5 aromatic carbocycles. The third-order valence-electron chi connectivity index (χ3n) is 7.12. The lowest BCUT2D eigenvalue weighted by molar-refractivity contribution is 0.605. The van der Waals surface area contributed by atoms with Crippen molar-refractivity contribution in [3.8, 4) is 0 Å². The molecule has 190 valence electrons. The summed E-state index contributed by atoms with van der Waals surface area (Å²) in [7, 11) is 0. The summed E-state index contributed by atoms with van der Waals surface area (Å²) in [5, 5.41) is 0. The summed E-state index contributed by atoms with van der Waals surface area (Å²) in [6.45, 7) is 0. The van der Waals surface area contributed by atoms with E-state index < -0.39 is 0 Å². The molecule has 0 radical (unpaired) electrons. The van der Waals surface area contributed by atoms with Gasteiger partial charge in [0.1, 0.15) is 11.0 Å². The molecule has 4 heterocycles. The smallest absolute Gasteiger partial charge is 0.307 e. The van der Waals surface area contributed by atoms with Gasteiger partial charge in [0.15, 0.2) is 11.2 Å². The summed E-state index contributed by atoms with van der Waals surface area (Å²) < 4.78 is 12.8. The van der Waals surface area contributed by atoms with Crippen LogP contribution in [0.3, 0.4) is 0 Å². The van der Waals surface area contributed by atoms with Crippen LogP contribution in [0.25, 0.3) is 22.2 Å². The van der Waals surface area contributed by atoms with Crippen LogP contribution in [0.2, 0.25) is 0 Å². The molecule has 2 aliphatic rings. The van der Waals surface area contributed by atoms with E-state index in [-0.39, 0.29) is 0 Å². The first-order chi connectivity index (χ1) is 19.8. The molecule has 0 spiro atoms. The van der Waals surface area contributed by atoms with Gasteiger partial charge in [-0.3, -0.25) is 9.80 Å². The van der Waals surface area contributed by atoms with Crippen LogP contribution in [0.1, 0.15) is 0 Å². The quantitative estimate of drug-likeness (QED) is 0.209. The number of benzene rings is 5. The summed E-state index contributed by atoms with van der Waals surface area (Å²) in [5.74, 6) is 0. The van der Waals surface area contributed by atoms with Crippen molar-refractivity contribution in [2.24, 2.45) is 0 Å². The average molecular weight is 555 g/mol. The summed E-state index contributed by atoms with van der Waals surface area (Å²) in [4.78, 5) is 18.6. The molecule has 0 bridgehead atoms. The van der Waals surface area contributed by atoms with Gasteiger partial charge in [0.05, 0.1) is 22.7 Å². The zero-order chi connectivity index (χ0) is 26.2. The minimum Gasteiger partial charge on any atom is -0.423 e. The summed E-state index contributed by atoms with van der Waals surface area (Å²) in [6.07, 6.45) is 0. The second kappa shape index (κ2) is 8.42. The Balaban J connectivity index is 1.18. The molecule has 7 aromatic rings. The molecule has 6 nitrogen and oxygen atoms in total. The van der Waals surface area contributed by atoms with Crippen LogP contribution in [0.15, 0.2) is 138 Å². The van der Waals surface area contributed by atoms with Crippen molar-refractivity contribution in [3.05, 3.63) is 109 Å². The number of oxazole rings is 2. The van der Waals surface area contributed by atoms with Gasteiger partial charge in [0.25, 0.3) is 0 Å². The topological polar surface area (TPSA) is 58.5 Å². The monoisotopic (exact) mass is 554 g/mol. The summed E-state index contributed by atoms with van der Waals surface area (Å²) in [6, 6.07) is 38.1. The highest BCUT2D eigenvalue weighted by atomic mass is 32.2. The lowest BCUT2D eigenvalue weighted by Gasteiger charge is -2.29. The maximum Gasteiger partial charge on any atom is 0.307 e. The molecular formula is C32H18N4O2S2. The second-order valence-corrected chi connectivity index (χ2v) is 11.7. The average Bonchev–Trinajstić information content (AvgIpc) is 3.60. The number of para-hydroxylation sites is 4. The van der Waals surface area contributed by atoms with Crippen molar-refractivity contribution in [1.82, 2.24) is 9.97 Å². The molecule has 0 aliphatic carbocycles. The molecule has 0 atom stereocenters. The van der Waals surface area contributed by atoms with Crippen molar-refractivity contribution in [2.45, 2.75) is 19.6 Å². The highest BCUT2D eigenvalue weighted by molar-refractivity contribution is 8.00. The molecule has 2 aliphatic heterocycles. The minimum absolute atomic E-state index is 0.513. The van der Waals surface area contributed by atoms with Gasteiger partial charge in [-0.05, 0) is 48.5 Å². The molecule has 0 saturated carbocycles. The molecule has 0 saturated heterocycles. The van der Waals surface area contributed by atoms with E-state index in [1.165, 1.54) is 0 Å². The van der Waals surface area contributed by atoms with Gasteiger partial charge in [-0.15, -0.1) is 0 Å². The molecule has 0 amide bonds. The number of hydrogen-bond donors (Lipinski definition) is 0. The van der Waals surface area contributed by atoms with Crippen LogP contribution in [0.5, 0.6) is 0 Å². The normalized spacial score (nSPS) is 13.7. The fourth-order valence-electron chi connectivity index (χ4n) is 5.34. The van der Waals surface area contributed by atoms with E-state index in [1.54, 1.807) is 23.5 Å². The van der Waals surface area contributed by atoms with E-state index >= 15 is 0 Å². The van der Waals surface area contributed by atoms with Gasteiger partial charge in [-0.25, -0.2) is 0 Å². The molecular weight excluding hydrogens is 537 g/mol. The summed E-state index contributed by atoms with van der Waals surface area (Å²) >= 11 is 3.51. The van der Waals surface area contributed by atoms with Crippen molar-refractivity contribution in [2.75, 3.05) is 9.80 Å². The SMILES string of the molecule is c1ccc2c(c1)Sc1ccccc1N2c1nc2cc3oc(N4c5ccccc5Sc5ccccc54)nc3cc2o1. The Hall–Kier alpha value is -4.66. The van der Waals surface area contributed by atoms with Crippen molar-refractivity contribution in [3.63, 3.8) is 0 Å². The Bertz CT molecular complexity index is 1830. The van der Waals surface area contributed by atoms with Crippen LogP contribution in [0, 0.1) is 0 Å². The van der Waals surface area contributed by atoms with Crippen LogP contribution >= 0.6 is 23.5 Å². The van der Waals surface area contributed by atoms with E-state index in [9.17, 15) is 0 Å². The fraction of sp³-hybridized carbons (Fsp3) is 0. The fourth-order valence-corrected chi connectivity index (χ4v) is 7.45. The molecule has 2 aromatic heterocycles. The highest BCUT2D eigenvalue weighted by Crippen LogP contribution is 2.53. The summed E-state index contributed by atoms with van der Waals surface area (Å²) in [5.41, 5.74) is 6.92. The van der Waals surface area contributed by atoms with E-state index in [0.717, 1.165) is 42.3 Å². The third kappa shape index (κ3) is 3.27. The number of anilines is 6. The van der Waals surface area contributed by atoms with Gasteiger partial charge < -0.3 is 8.83 Å². The van der Waals surface area contributed by atoms with Crippen LogP contribution in [-0.2, 0) is 0 Å². The number of hydrogen-bond acceptors (Lipinski definition) is 8. The Kier molecular flexibility index (Phi) is 4.67. The second-order valence-electron chi connectivity index (χ2n) is 9.53. The molecule has 9 rings (SSSR count). The standard InChI is InChI=1S/C32H18N4O2S2/c1-5-13-27-21(9-1)35(22-10-2-6-14-28(22)39-27)31-33-19-17-26-20(18-25(19)37-31)34-32(38-26)36-23-11-3-7-15-29(23)40-30-16-8-4-12-24(30)36/h1-18H.